The first-order valence-corrected chi connectivity index (χ1v) is 11.5. The third-order valence-electron chi connectivity index (χ3n) is 6.55. The molecule has 0 saturated heterocycles. The van der Waals surface area contributed by atoms with Crippen molar-refractivity contribution in [3.8, 4) is 0 Å². The number of esters is 1. The van der Waals surface area contributed by atoms with Gasteiger partial charge in [0, 0.05) is 41.9 Å². The van der Waals surface area contributed by atoms with Crippen LogP contribution in [0.15, 0.2) is 23.8 Å². The maximum absolute atomic E-state index is 12.6. The Morgan fingerprint density at radius 2 is 1.91 bits per heavy atom. The predicted octanol–water partition coefficient (Wildman–Crippen LogP) is 2.45. The number of allylic oxidation sites excluding steroid dienone is 2. The topological polar surface area (TPSA) is 124 Å². The molecule has 7 nitrogen and oxygen atoms in total. The SMILES string of the molecule is CCC[C@H](C)C(=O)O[C@H]1C[C@H](O)C=C2C=C[C@H](C)[C@H](CC[C@@H](O)C[C@@H](O)CC(=O)O)[C@H]21.[Na]. The second kappa shape index (κ2) is 13.9. The quantitative estimate of drug-likeness (QED) is 0.275. The average Bonchev–Trinajstić information content (AvgIpc) is 2.66. The third-order valence-corrected chi connectivity index (χ3v) is 6.55. The average molecular weight is 462 g/mol. The molecule has 2 aliphatic rings. The molecule has 0 aliphatic heterocycles. The molecule has 0 aromatic heterocycles. The zero-order valence-corrected chi connectivity index (χ0v) is 21.8. The number of hydrogen-bond acceptors (Lipinski definition) is 6. The van der Waals surface area contributed by atoms with E-state index in [1.807, 2.05) is 26.0 Å². The van der Waals surface area contributed by atoms with E-state index in [4.69, 9.17) is 9.84 Å². The predicted molar refractivity (Wildman–Crippen MR) is 122 cm³/mol. The standard InChI is InChI=1S/C24H38O7.Na/c1-4-5-15(3)24(30)31-21-12-18(26)10-16-7-6-14(2)20(23(16)21)9-8-17(25)11-19(27)13-22(28)29;/h6-7,10,14-15,17-21,23,25-27H,4-5,8-9,11-13H2,1-3H3,(H,28,29);/t14-,15-,17+,18+,19+,20-,21-,23-;/m0./s1. The summed E-state index contributed by atoms with van der Waals surface area (Å²) in [4.78, 5) is 23.3. The summed E-state index contributed by atoms with van der Waals surface area (Å²) >= 11 is 0. The Hall–Kier alpha value is -0.700. The van der Waals surface area contributed by atoms with Crippen LogP contribution in [-0.2, 0) is 14.3 Å². The number of fused-ring (bicyclic) bond motifs is 1. The molecule has 2 aliphatic carbocycles. The molecule has 0 unspecified atom stereocenters. The Morgan fingerprint density at radius 1 is 1.22 bits per heavy atom. The number of carboxylic acid groups (broad SMARTS) is 1. The first kappa shape index (κ1) is 29.3. The van der Waals surface area contributed by atoms with E-state index < -0.39 is 30.4 Å². The maximum Gasteiger partial charge on any atom is 0.308 e. The Labute approximate surface area is 213 Å². The molecule has 0 heterocycles. The summed E-state index contributed by atoms with van der Waals surface area (Å²) in [7, 11) is 0. The molecule has 8 heteroatoms. The molecule has 4 N–H and O–H groups in total. The molecule has 177 valence electrons. The van der Waals surface area contributed by atoms with Crippen molar-refractivity contribution < 1.29 is 34.8 Å². The monoisotopic (exact) mass is 461 g/mol. The van der Waals surface area contributed by atoms with E-state index in [1.54, 1.807) is 0 Å². The molecule has 8 atom stereocenters. The van der Waals surface area contributed by atoms with E-state index in [9.17, 15) is 24.9 Å². The van der Waals surface area contributed by atoms with Crippen LogP contribution >= 0.6 is 0 Å². The largest absolute Gasteiger partial charge is 0.481 e. The van der Waals surface area contributed by atoms with Crippen molar-refractivity contribution in [1.29, 1.82) is 0 Å². The molecular formula is C24H38NaO7. The molecule has 0 bridgehead atoms. The molecule has 0 amide bonds. The van der Waals surface area contributed by atoms with E-state index in [0.29, 0.717) is 19.3 Å². The summed E-state index contributed by atoms with van der Waals surface area (Å²) in [6.45, 7) is 5.98. The third kappa shape index (κ3) is 8.58. The van der Waals surface area contributed by atoms with Gasteiger partial charge in [-0.3, -0.25) is 9.59 Å². The van der Waals surface area contributed by atoms with Crippen molar-refractivity contribution in [2.75, 3.05) is 0 Å². The molecule has 0 fully saturated rings. The summed E-state index contributed by atoms with van der Waals surface area (Å²) in [5, 5.41) is 39.2. The van der Waals surface area contributed by atoms with Gasteiger partial charge in [0.1, 0.15) is 6.10 Å². The normalized spacial score (nSPS) is 29.7. The van der Waals surface area contributed by atoms with Gasteiger partial charge in [0.05, 0.1) is 30.7 Å². The first-order chi connectivity index (χ1) is 14.6. The Balaban J connectivity index is 0.00000512. The Kier molecular flexibility index (Phi) is 12.7. The molecule has 0 aromatic rings. The van der Waals surface area contributed by atoms with Crippen molar-refractivity contribution in [2.45, 2.75) is 90.1 Å². The van der Waals surface area contributed by atoms with E-state index in [1.165, 1.54) is 0 Å². The maximum atomic E-state index is 12.6. The zero-order chi connectivity index (χ0) is 23.1. The minimum absolute atomic E-state index is 0. The fourth-order valence-electron chi connectivity index (χ4n) is 4.90. The summed E-state index contributed by atoms with van der Waals surface area (Å²) < 4.78 is 5.90. The molecular weight excluding hydrogens is 423 g/mol. The molecule has 0 saturated carbocycles. The van der Waals surface area contributed by atoms with Crippen LogP contribution in [0.2, 0.25) is 0 Å². The van der Waals surface area contributed by atoms with Gasteiger partial charge in [0.25, 0.3) is 0 Å². The van der Waals surface area contributed by atoms with Gasteiger partial charge in [-0.1, -0.05) is 45.4 Å². The number of carbonyl (C=O) groups is 2. The van der Waals surface area contributed by atoms with Crippen molar-refractivity contribution in [2.24, 2.45) is 23.7 Å². The second-order valence-corrected chi connectivity index (χ2v) is 9.26. The van der Waals surface area contributed by atoms with Gasteiger partial charge in [-0.15, -0.1) is 0 Å². The van der Waals surface area contributed by atoms with Gasteiger partial charge in [-0.05, 0) is 43.1 Å². The van der Waals surface area contributed by atoms with Crippen LogP contribution in [0, 0.1) is 23.7 Å². The summed E-state index contributed by atoms with van der Waals surface area (Å²) in [5.41, 5.74) is 0.961. The number of ether oxygens (including phenoxy) is 1. The summed E-state index contributed by atoms with van der Waals surface area (Å²) in [6, 6.07) is 0. The second-order valence-electron chi connectivity index (χ2n) is 9.26. The van der Waals surface area contributed by atoms with Crippen molar-refractivity contribution >= 4 is 41.5 Å². The fraction of sp³-hybridized carbons (Fsp3) is 0.750. The molecule has 0 spiro atoms. The van der Waals surface area contributed by atoms with E-state index in [0.717, 1.165) is 18.4 Å². The molecule has 0 aromatic carbocycles. The van der Waals surface area contributed by atoms with Crippen molar-refractivity contribution in [3.63, 3.8) is 0 Å². The van der Waals surface area contributed by atoms with E-state index in [-0.39, 0.29) is 72.0 Å². The number of rotatable bonds is 11. The molecule has 2 rings (SSSR count). The summed E-state index contributed by atoms with van der Waals surface area (Å²) in [5.74, 6) is -1.28. The van der Waals surface area contributed by atoms with Crippen LogP contribution in [-0.4, -0.2) is 86.3 Å². The smallest absolute Gasteiger partial charge is 0.308 e. The number of carbonyl (C=O) groups excluding carboxylic acids is 1. The molecule has 1 radical (unpaired) electrons. The van der Waals surface area contributed by atoms with Gasteiger partial charge in [0.2, 0.25) is 0 Å². The number of aliphatic carboxylic acids is 1. The van der Waals surface area contributed by atoms with Crippen LogP contribution in [0.25, 0.3) is 0 Å². The Morgan fingerprint density at radius 3 is 2.53 bits per heavy atom. The number of aliphatic hydroxyl groups excluding tert-OH is 3. The van der Waals surface area contributed by atoms with Gasteiger partial charge in [-0.25, -0.2) is 0 Å². The van der Waals surface area contributed by atoms with Crippen LogP contribution in [0.4, 0.5) is 0 Å². The summed E-state index contributed by atoms with van der Waals surface area (Å²) in [6.07, 6.45) is 5.62. The van der Waals surface area contributed by atoms with Crippen LogP contribution in [0.3, 0.4) is 0 Å². The van der Waals surface area contributed by atoms with Gasteiger partial charge < -0.3 is 25.2 Å². The van der Waals surface area contributed by atoms with Crippen LogP contribution < -0.4 is 0 Å². The van der Waals surface area contributed by atoms with Crippen LogP contribution in [0.1, 0.15) is 65.7 Å². The number of hydrogen-bond donors (Lipinski definition) is 4. The van der Waals surface area contributed by atoms with Crippen LogP contribution in [0.5, 0.6) is 0 Å². The van der Waals surface area contributed by atoms with E-state index >= 15 is 0 Å². The van der Waals surface area contributed by atoms with Gasteiger partial charge >= 0.3 is 11.9 Å². The fourth-order valence-corrected chi connectivity index (χ4v) is 4.90. The Bertz CT molecular complexity index is 677. The van der Waals surface area contributed by atoms with Crippen molar-refractivity contribution in [1.82, 2.24) is 0 Å². The van der Waals surface area contributed by atoms with Gasteiger partial charge in [0.15, 0.2) is 0 Å². The number of carboxylic acids is 1. The van der Waals surface area contributed by atoms with E-state index in [2.05, 4.69) is 13.0 Å². The van der Waals surface area contributed by atoms with Gasteiger partial charge in [-0.2, -0.15) is 0 Å². The molecule has 32 heavy (non-hydrogen) atoms. The zero-order valence-electron chi connectivity index (χ0n) is 19.8. The first-order valence-electron chi connectivity index (χ1n) is 11.5. The van der Waals surface area contributed by atoms with Crippen molar-refractivity contribution in [3.05, 3.63) is 23.8 Å². The minimum Gasteiger partial charge on any atom is -0.481 e. The minimum atomic E-state index is -1.09. The number of aliphatic hydroxyl groups is 3.